The molecule has 0 radical (unpaired) electrons. The molecular formula is C21H30N2O. The van der Waals surface area contributed by atoms with Crippen LogP contribution in [0.2, 0.25) is 0 Å². The van der Waals surface area contributed by atoms with Crippen molar-refractivity contribution >= 4 is 11.6 Å². The highest BCUT2D eigenvalue weighted by Crippen LogP contribution is 2.36. The van der Waals surface area contributed by atoms with E-state index in [2.05, 4.69) is 17.0 Å². The van der Waals surface area contributed by atoms with E-state index in [1.165, 1.54) is 63.7 Å². The highest BCUT2D eigenvalue weighted by molar-refractivity contribution is 6.01. The van der Waals surface area contributed by atoms with Crippen molar-refractivity contribution in [2.24, 2.45) is 11.8 Å². The number of fused-ring (bicyclic) bond motifs is 2. The molecule has 3 heteroatoms. The van der Waals surface area contributed by atoms with Crippen LogP contribution in [-0.4, -0.2) is 37.0 Å². The van der Waals surface area contributed by atoms with Crippen LogP contribution in [0, 0.1) is 11.8 Å². The third kappa shape index (κ3) is 3.37. The number of nitrogens with zero attached hydrogens (tertiary/aromatic N) is 2. The van der Waals surface area contributed by atoms with Crippen LogP contribution in [0.1, 0.15) is 50.5 Å². The van der Waals surface area contributed by atoms with Crippen molar-refractivity contribution in [1.29, 1.82) is 0 Å². The highest BCUT2D eigenvalue weighted by atomic mass is 16.2. The first-order chi connectivity index (χ1) is 11.8. The van der Waals surface area contributed by atoms with Crippen LogP contribution < -0.4 is 4.90 Å². The van der Waals surface area contributed by atoms with Crippen LogP contribution in [0.15, 0.2) is 24.3 Å². The molecule has 0 unspecified atom stereocenters. The predicted octanol–water partition coefficient (Wildman–Crippen LogP) is 3.87. The molecular weight excluding hydrogens is 296 g/mol. The molecule has 1 saturated heterocycles. The lowest BCUT2D eigenvalue weighted by molar-refractivity contribution is -0.117. The molecule has 1 aromatic rings. The maximum atomic E-state index is 12.2. The summed E-state index contributed by atoms with van der Waals surface area (Å²) in [7, 11) is 0. The smallest absolute Gasteiger partial charge is 0.231 e. The van der Waals surface area contributed by atoms with Gasteiger partial charge < -0.3 is 9.80 Å². The number of likely N-dealkylation sites (tertiary alicyclic amines) is 1. The van der Waals surface area contributed by atoms with Crippen LogP contribution in [0.25, 0.3) is 0 Å². The number of anilines is 1. The number of hydrogen-bond acceptors (Lipinski definition) is 2. The van der Waals surface area contributed by atoms with Gasteiger partial charge in [0.25, 0.3) is 0 Å². The van der Waals surface area contributed by atoms with E-state index in [1.807, 2.05) is 17.0 Å². The number of rotatable bonds is 5. The van der Waals surface area contributed by atoms with Gasteiger partial charge in [0.1, 0.15) is 0 Å². The summed E-state index contributed by atoms with van der Waals surface area (Å²) >= 11 is 0. The summed E-state index contributed by atoms with van der Waals surface area (Å²) < 4.78 is 0. The van der Waals surface area contributed by atoms with Gasteiger partial charge in [0.15, 0.2) is 0 Å². The zero-order valence-electron chi connectivity index (χ0n) is 14.8. The van der Waals surface area contributed by atoms with E-state index in [9.17, 15) is 4.79 Å². The summed E-state index contributed by atoms with van der Waals surface area (Å²) in [6.07, 6.45) is 10.2. The number of carbonyl (C=O) groups is 1. The van der Waals surface area contributed by atoms with Crippen molar-refractivity contribution < 1.29 is 4.79 Å². The molecule has 3 nitrogen and oxygen atoms in total. The Balaban J connectivity index is 1.22. The minimum Gasteiger partial charge on any atom is -0.312 e. The van der Waals surface area contributed by atoms with E-state index >= 15 is 0 Å². The molecule has 2 fully saturated rings. The molecule has 4 rings (SSSR count). The predicted molar refractivity (Wildman–Crippen MR) is 98.2 cm³/mol. The molecule has 0 spiro atoms. The quantitative estimate of drug-likeness (QED) is 0.767. The van der Waals surface area contributed by atoms with Crippen LogP contribution in [-0.2, 0) is 11.2 Å². The second kappa shape index (κ2) is 7.26. The second-order valence-electron chi connectivity index (χ2n) is 7.95. The summed E-state index contributed by atoms with van der Waals surface area (Å²) in [5.41, 5.74) is 2.34. The zero-order valence-corrected chi connectivity index (χ0v) is 14.8. The Labute approximate surface area is 146 Å². The average molecular weight is 326 g/mol. The van der Waals surface area contributed by atoms with Gasteiger partial charge in [-0.3, -0.25) is 4.79 Å². The second-order valence-corrected chi connectivity index (χ2v) is 7.95. The Bertz CT molecular complexity index is 585. The number of amides is 1. The number of para-hydroxylation sites is 1. The normalized spacial score (nSPS) is 27.2. The third-order valence-electron chi connectivity index (χ3n) is 6.41. The molecule has 24 heavy (non-hydrogen) atoms. The summed E-state index contributed by atoms with van der Waals surface area (Å²) in [5, 5.41) is 0. The van der Waals surface area contributed by atoms with E-state index in [-0.39, 0.29) is 5.91 Å². The summed E-state index contributed by atoms with van der Waals surface area (Å²) in [6.45, 7) is 4.73. The van der Waals surface area contributed by atoms with Gasteiger partial charge in [-0.25, -0.2) is 0 Å². The standard InChI is InChI=1S/C21H30N2O/c24-21-15-18-8-3-4-10-20(18)23(21)13-6-5-12-22-14-11-17-7-1-2-9-19(17)16-22/h3-4,8,10,17,19H,1-2,5-7,9,11-16H2/t17-,19-/m1/s1. The SMILES string of the molecule is O=C1Cc2ccccc2N1CCCCN1CC[C@H]2CCCC[C@@H]2C1. The van der Waals surface area contributed by atoms with E-state index in [0.29, 0.717) is 6.42 Å². The zero-order chi connectivity index (χ0) is 16.4. The lowest BCUT2D eigenvalue weighted by atomic mass is 9.75. The Morgan fingerprint density at radius 3 is 2.67 bits per heavy atom. The first-order valence-corrected chi connectivity index (χ1v) is 9.92. The van der Waals surface area contributed by atoms with Crippen molar-refractivity contribution in [2.75, 3.05) is 31.1 Å². The van der Waals surface area contributed by atoms with Crippen molar-refractivity contribution in [3.8, 4) is 0 Å². The summed E-state index contributed by atoms with van der Waals surface area (Å²) in [5.74, 6) is 2.27. The molecule has 1 aromatic carbocycles. The molecule has 2 heterocycles. The number of carbonyl (C=O) groups excluding carboxylic acids is 1. The van der Waals surface area contributed by atoms with Crippen molar-refractivity contribution in [3.05, 3.63) is 29.8 Å². The van der Waals surface area contributed by atoms with Gasteiger partial charge in [-0.05, 0) is 62.2 Å². The average Bonchev–Trinajstić information content (AvgIpc) is 2.94. The monoisotopic (exact) mass is 326 g/mol. The Kier molecular flexibility index (Phi) is 4.88. The molecule has 0 aromatic heterocycles. The fourth-order valence-electron chi connectivity index (χ4n) is 5.05. The molecule has 1 saturated carbocycles. The van der Waals surface area contributed by atoms with E-state index in [0.717, 1.165) is 30.5 Å². The fourth-order valence-corrected chi connectivity index (χ4v) is 5.05. The third-order valence-corrected chi connectivity index (χ3v) is 6.41. The van der Waals surface area contributed by atoms with Gasteiger partial charge in [-0.2, -0.15) is 0 Å². The Morgan fingerprint density at radius 1 is 0.958 bits per heavy atom. The van der Waals surface area contributed by atoms with Gasteiger partial charge in [0.05, 0.1) is 6.42 Å². The Hall–Kier alpha value is -1.35. The molecule has 3 aliphatic rings. The summed E-state index contributed by atoms with van der Waals surface area (Å²) in [6, 6.07) is 8.25. The molecule has 2 aliphatic heterocycles. The molecule has 0 bridgehead atoms. The van der Waals surface area contributed by atoms with Gasteiger partial charge >= 0.3 is 0 Å². The first-order valence-electron chi connectivity index (χ1n) is 9.92. The molecule has 130 valence electrons. The van der Waals surface area contributed by atoms with Crippen molar-refractivity contribution in [3.63, 3.8) is 0 Å². The molecule has 1 aliphatic carbocycles. The van der Waals surface area contributed by atoms with E-state index in [4.69, 9.17) is 0 Å². The minimum absolute atomic E-state index is 0.277. The minimum atomic E-state index is 0.277. The van der Waals surface area contributed by atoms with Crippen molar-refractivity contribution in [1.82, 2.24) is 4.90 Å². The number of hydrogen-bond donors (Lipinski definition) is 0. The van der Waals surface area contributed by atoms with Crippen LogP contribution in [0.3, 0.4) is 0 Å². The molecule has 2 atom stereocenters. The van der Waals surface area contributed by atoms with Gasteiger partial charge in [0.2, 0.25) is 5.91 Å². The number of unbranched alkanes of at least 4 members (excludes halogenated alkanes) is 1. The topological polar surface area (TPSA) is 23.6 Å². The first kappa shape index (κ1) is 16.1. The van der Waals surface area contributed by atoms with Crippen molar-refractivity contribution in [2.45, 2.75) is 51.4 Å². The van der Waals surface area contributed by atoms with Crippen LogP contribution in [0.5, 0.6) is 0 Å². The number of benzene rings is 1. The van der Waals surface area contributed by atoms with Crippen LogP contribution in [0.4, 0.5) is 5.69 Å². The van der Waals surface area contributed by atoms with Gasteiger partial charge in [-0.1, -0.05) is 37.5 Å². The highest BCUT2D eigenvalue weighted by Gasteiger charge is 2.31. The molecule has 0 N–H and O–H groups in total. The van der Waals surface area contributed by atoms with E-state index in [1.54, 1.807) is 0 Å². The maximum absolute atomic E-state index is 12.2. The molecule has 1 amide bonds. The van der Waals surface area contributed by atoms with Gasteiger partial charge in [-0.15, -0.1) is 0 Å². The van der Waals surface area contributed by atoms with E-state index < -0.39 is 0 Å². The number of piperidine rings is 1. The largest absolute Gasteiger partial charge is 0.312 e. The summed E-state index contributed by atoms with van der Waals surface area (Å²) in [4.78, 5) is 16.9. The fraction of sp³-hybridized carbons (Fsp3) is 0.667. The lowest BCUT2D eigenvalue weighted by Gasteiger charge is -2.41. The lowest BCUT2D eigenvalue weighted by Crippen LogP contribution is -2.42. The Morgan fingerprint density at radius 2 is 1.75 bits per heavy atom. The van der Waals surface area contributed by atoms with Gasteiger partial charge in [0, 0.05) is 18.8 Å². The maximum Gasteiger partial charge on any atom is 0.231 e. The van der Waals surface area contributed by atoms with Crippen LogP contribution >= 0.6 is 0 Å².